The van der Waals surface area contributed by atoms with E-state index in [1.54, 1.807) is 0 Å². The second-order valence-electron chi connectivity index (χ2n) is 12.2. The van der Waals surface area contributed by atoms with Crippen molar-refractivity contribution in [1.82, 2.24) is 0 Å². The van der Waals surface area contributed by atoms with Gasteiger partial charge in [-0.25, -0.2) is 0 Å². The Balaban J connectivity index is -0.000000574. The van der Waals surface area contributed by atoms with E-state index in [-0.39, 0.29) is 6.61 Å². The van der Waals surface area contributed by atoms with E-state index in [9.17, 15) is 14.4 Å². The lowest BCUT2D eigenvalue weighted by molar-refractivity contribution is -0.929. The number of rotatable bonds is 26. The maximum atomic E-state index is 9.48. The molecule has 0 aromatic heterocycles. The van der Waals surface area contributed by atoms with Crippen LogP contribution in [0, 0.1) is 0 Å². The molecule has 0 unspecified atom stereocenters. The Morgan fingerprint density at radius 2 is 0.585 bits per heavy atom. The molecule has 0 aromatic carbocycles. The standard InChI is InChI=1S/2C16H36N.C2H7O4P/c2*1-5-9-13-17(14-10-6-2,15-11-7-3)16-12-8-4;1-2-6-7(3,4)5/h2*5-16H2,1-4H3;2H2,1H3,(H2,3,4,5)/q2*+1;/p-2. The zero-order chi connectivity index (χ0) is 31.9. The minimum Gasteiger partial charge on any atom is -0.790 e. The minimum atomic E-state index is -4.67. The molecule has 0 heterocycles. The number of quaternary nitrogens is 2. The summed E-state index contributed by atoms with van der Waals surface area (Å²) in [6.07, 6.45) is 22.1. The molecule has 7 heteroatoms. The molecule has 0 fully saturated rings. The smallest absolute Gasteiger partial charge is 0.0786 e. The molecule has 41 heavy (non-hydrogen) atoms. The summed E-state index contributed by atoms with van der Waals surface area (Å²) in [6.45, 7) is 31.4. The van der Waals surface area contributed by atoms with Crippen molar-refractivity contribution in [1.29, 1.82) is 0 Å². The van der Waals surface area contributed by atoms with Crippen molar-refractivity contribution >= 4 is 7.82 Å². The number of nitrogens with zero attached hydrogens (tertiary/aromatic N) is 2. The van der Waals surface area contributed by atoms with Crippen molar-refractivity contribution in [2.24, 2.45) is 0 Å². The summed E-state index contributed by atoms with van der Waals surface area (Å²) in [4.78, 5) is 19.0. The second kappa shape index (κ2) is 31.5. The highest BCUT2D eigenvalue weighted by Gasteiger charge is 2.25. The van der Waals surface area contributed by atoms with Gasteiger partial charge in [-0.05, 0) is 58.3 Å². The number of phosphoric acid groups is 1. The highest BCUT2D eigenvalue weighted by molar-refractivity contribution is 7.43. The molecule has 0 N–H and O–H groups in total. The molecule has 0 atom stereocenters. The molecule has 0 saturated heterocycles. The second-order valence-corrected chi connectivity index (χ2v) is 13.3. The topological polar surface area (TPSA) is 72.4 Å². The Hall–Kier alpha value is 0.0300. The molecule has 0 spiro atoms. The lowest BCUT2D eigenvalue weighted by Crippen LogP contribution is -2.50. The Morgan fingerprint density at radius 1 is 0.415 bits per heavy atom. The molecule has 6 nitrogen and oxygen atoms in total. The van der Waals surface area contributed by atoms with Crippen LogP contribution in [0.2, 0.25) is 0 Å². The average Bonchev–Trinajstić information content (AvgIpc) is 2.95. The van der Waals surface area contributed by atoms with Crippen LogP contribution >= 0.6 is 7.82 Å². The summed E-state index contributed by atoms with van der Waals surface area (Å²) in [6, 6.07) is 0. The van der Waals surface area contributed by atoms with Crippen LogP contribution in [0.3, 0.4) is 0 Å². The van der Waals surface area contributed by atoms with Crippen molar-refractivity contribution in [2.75, 3.05) is 59.0 Å². The van der Waals surface area contributed by atoms with Crippen molar-refractivity contribution in [3.8, 4) is 0 Å². The minimum absolute atomic E-state index is 0.0791. The molecule has 0 saturated carbocycles. The van der Waals surface area contributed by atoms with E-state index in [0.717, 1.165) is 0 Å². The van der Waals surface area contributed by atoms with E-state index < -0.39 is 7.82 Å². The van der Waals surface area contributed by atoms with Gasteiger partial charge in [0.2, 0.25) is 0 Å². The monoisotopic (exact) mass is 609 g/mol. The molecule has 0 amide bonds. The van der Waals surface area contributed by atoms with Gasteiger partial charge in [-0.15, -0.1) is 0 Å². The molecule has 0 aliphatic heterocycles. The van der Waals surface area contributed by atoms with Gasteiger partial charge in [-0.2, -0.15) is 0 Å². The van der Waals surface area contributed by atoms with Crippen LogP contribution in [0.15, 0.2) is 0 Å². The number of unbranched alkanes of at least 4 members (excludes halogenated alkanes) is 8. The molecule has 0 bridgehead atoms. The molecule has 0 aliphatic rings. The normalized spacial score (nSPS) is 12.0. The SMILES string of the molecule is CCCC[N+](CCCC)(CCCC)CCCC.CCCC[N+](CCCC)(CCCC)CCCC.CCOP(=O)([O-])[O-]. The van der Waals surface area contributed by atoms with Crippen molar-refractivity contribution in [3.05, 3.63) is 0 Å². The van der Waals surface area contributed by atoms with Crippen LogP contribution in [0.1, 0.15) is 165 Å². The number of hydrogen-bond donors (Lipinski definition) is 0. The summed E-state index contributed by atoms with van der Waals surface area (Å²) >= 11 is 0. The molecule has 0 rings (SSSR count). The van der Waals surface area contributed by atoms with E-state index in [1.807, 2.05) is 0 Å². The highest BCUT2D eigenvalue weighted by Crippen LogP contribution is 2.23. The zero-order valence-electron chi connectivity index (χ0n) is 29.7. The van der Waals surface area contributed by atoms with Crippen LogP contribution in [0.5, 0.6) is 0 Å². The van der Waals surface area contributed by atoms with E-state index in [2.05, 4.69) is 59.9 Å². The predicted octanol–water partition coefficient (Wildman–Crippen LogP) is 8.86. The third-order valence-corrected chi connectivity index (χ3v) is 8.75. The van der Waals surface area contributed by atoms with Crippen LogP contribution in [0.4, 0.5) is 0 Å². The molecule has 0 aliphatic carbocycles. The van der Waals surface area contributed by atoms with Crippen LogP contribution in [-0.4, -0.2) is 67.9 Å². The van der Waals surface area contributed by atoms with Crippen molar-refractivity contribution < 1.29 is 27.8 Å². The Labute approximate surface area is 259 Å². The van der Waals surface area contributed by atoms with Gasteiger partial charge >= 0.3 is 0 Å². The molecule has 252 valence electrons. The Bertz CT molecular complexity index is 446. The van der Waals surface area contributed by atoms with Gasteiger partial charge < -0.3 is 27.8 Å². The molecular weight excluding hydrogens is 531 g/mol. The fraction of sp³-hybridized carbons (Fsp3) is 1.00. The van der Waals surface area contributed by atoms with Crippen molar-refractivity contribution in [3.63, 3.8) is 0 Å². The van der Waals surface area contributed by atoms with Gasteiger partial charge in [0.25, 0.3) is 0 Å². The van der Waals surface area contributed by atoms with Gasteiger partial charge in [0, 0.05) is 6.61 Å². The van der Waals surface area contributed by atoms with Gasteiger partial charge in [-0.1, -0.05) is 107 Å². The Morgan fingerprint density at radius 3 is 0.659 bits per heavy atom. The number of hydrogen-bond acceptors (Lipinski definition) is 4. The largest absolute Gasteiger partial charge is 0.790 e. The molecular formula is C34H77N2O4P. The Kier molecular flexibility index (Phi) is 34.9. The average molecular weight is 609 g/mol. The summed E-state index contributed by atoms with van der Waals surface area (Å²) < 4.78 is 16.0. The summed E-state index contributed by atoms with van der Waals surface area (Å²) in [5.41, 5.74) is 0. The molecule has 0 aromatic rings. The van der Waals surface area contributed by atoms with Gasteiger partial charge in [0.05, 0.1) is 60.2 Å². The summed E-state index contributed by atoms with van der Waals surface area (Å²) in [5.74, 6) is 0. The lowest BCUT2D eigenvalue weighted by Gasteiger charge is -2.39. The first-order chi connectivity index (χ1) is 19.5. The van der Waals surface area contributed by atoms with E-state index in [4.69, 9.17) is 0 Å². The molecule has 0 radical (unpaired) electrons. The van der Waals surface area contributed by atoms with Crippen LogP contribution in [-0.2, 0) is 9.09 Å². The summed E-state index contributed by atoms with van der Waals surface area (Å²) in [5, 5.41) is 0. The zero-order valence-corrected chi connectivity index (χ0v) is 30.5. The van der Waals surface area contributed by atoms with Gasteiger partial charge in [0.1, 0.15) is 0 Å². The summed E-state index contributed by atoms with van der Waals surface area (Å²) in [7, 11) is -4.67. The first kappa shape index (κ1) is 45.5. The van der Waals surface area contributed by atoms with E-state index in [1.165, 1.54) is 171 Å². The first-order valence-electron chi connectivity index (χ1n) is 17.9. The first-order valence-corrected chi connectivity index (χ1v) is 19.4. The van der Waals surface area contributed by atoms with E-state index in [0.29, 0.717) is 0 Å². The van der Waals surface area contributed by atoms with E-state index >= 15 is 0 Å². The highest BCUT2D eigenvalue weighted by atomic mass is 31.2. The van der Waals surface area contributed by atoms with Crippen LogP contribution < -0.4 is 9.79 Å². The third kappa shape index (κ3) is 29.9. The van der Waals surface area contributed by atoms with Gasteiger partial charge in [0.15, 0.2) is 0 Å². The van der Waals surface area contributed by atoms with Crippen molar-refractivity contribution in [2.45, 2.75) is 165 Å². The fourth-order valence-corrected chi connectivity index (χ4v) is 5.76. The predicted molar refractivity (Wildman–Crippen MR) is 178 cm³/mol. The van der Waals surface area contributed by atoms with Gasteiger partial charge in [-0.3, -0.25) is 0 Å². The van der Waals surface area contributed by atoms with Crippen LogP contribution in [0.25, 0.3) is 0 Å². The third-order valence-electron chi connectivity index (χ3n) is 8.18. The fourth-order valence-electron chi connectivity index (χ4n) is 5.45. The maximum Gasteiger partial charge on any atom is 0.0786 e. The quantitative estimate of drug-likeness (QED) is 0.0726. The maximum absolute atomic E-state index is 9.48. The lowest BCUT2D eigenvalue weighted by atomic mass is 10.1. The number of phosphoric ester groups is 1.